The Morgan fingerprint density at radius 2 is 2.00 bits per heavy atom. The Balaban J connectivity index is 2.08. The van der Waals surface area contributed by atoms with E-state index in [-0.39, 0.29) is 18.0 Å². The third-order valence-corrected chi connectivity index (χ3v) is 2.26. The molecule has 0 aliphatic rings. The second-order valence-electron chi connectivity index (χ2n) is 3.75. The summed E-state index contributed by atoms with van der Waals surface area (Å²) < 4.78 is 1.13. The summed E-state index contributed by atoms with van der Waals surface area (Å²) in [6.45, 7) is 1.65. The molecule has 0 radical (unpaired) electrons. The minimum Gasteiger partial charge on any atom is -0.324 e. The van der Waals surface area contributed by atoms with Crippen molar-refractivity contribution in [2.75, 3.05) is 5.32 Å². The number of hydrogen-bond acceptors (Lipinski definition) is 4. The van der Waals surface area contributed by atoms with Crippen LogP contribution in [0.15, 0.2) is 41.5 Å². The Bertz CT molecular complexity index is 607. The highest BCUT2D eigenvalue weighted by atomic mass is 16.2. The zero-order valence-corrected chi connectivity index (χ0v) is 9.83. The molecule has 2 aromatic heterocycles. The summed E-state index contributed by atoms with van der Waals surface area (Å²) in [7, 11) is 0. The van der Waals surface area contributed by atoms with Gasteiger partial charge < -0.3 is 5.32 Å². The number of nitrogens with one attached hydrogen (secondary N) is 1. The third-order valence-electron chi connectivity index (χ3n) is 2.26. The van der Waals surface area contributed by atoms with Crippen LogP contribution in [0.4, 0.5) is 5.69 Å². The minimum atomic E-state index is -0.304. The molecule has 0 spiro atoms. The predicted molar refractivity (Wildman–Crippen MR) is 66.1 cm³/mol. The van der Waals surface area contributed by atoms with Gasteiger partial charge in [-0.1, -0.05) is 0 Å². The van der Waals surface area contributed by atoms with Crippen molar-refractivity contribution in [3.8, 4) is 0 Å². The van der Waals surface area contributed by atoms with Crippen LogP contribution in [-0.2, 0) is 11.3 Å². The van der Waals surface area contributed by atoms with Gasteiger partial charge >= 0.3 is 0 Å². The van der Waals surface area contributed by atoms with Crippen LogP contribution in [0.2, 0.25) is 0 Å². The first kappa shape index (κ1) is 12.0. The maximum Gasteiger partial charge on any atom is 0.267 e. The molecule has 18 heavy (non-hydrogen) atoms. The summed E-state index contributed by atoms with van der Waals surface area (Å²) in [6.07, 6.45) is 3.15. The van der Waals surface area contributed by atoms with Crippen molar-refractivity contribution in [1.29, 1.82) is 0 Å². The molecule has 0 aliphatic carbocycles. The maximum atomic E-state index is 11.7. The van der Waals surface area contributed by atoms with Gasteiger partial charge in [-0.2, -0.15) is 5.10 Å². The highest BCUT2D eigenvalue weighted by Gasteiger charge is 2.06. The molecule has 0 fully saturated rings. The highest BCUT2D eigenvalue weighted by molar-refractivity contribution is 5.90. The summed E-state index contributed by atoms with van der Waals surface area (Å²) in [5.41, 5.74) is 1.02. The van der Waals surface area contributed by atoms with Crippen molar-refractivity contribution in [2.24, 2.45) is 0 Å². The molecule has 0 saturated carbocycles. The lowest BCUT2D eigenvalue weighted by molar-refractivity contribution is -0.117. The molecule has 0 aromatic carbocycles. The minimum absolute atomic E-state index is 0.108. The monoisotopic (exact) mass is 244 g/mol. The molecule has 2 heterocycles. The summed E-state index contributed by atoms with van der Waals surface area (Å²) in [4.78, 5) is 27.0. The number of anilines is 1. The molecular weight excluding hydrogens is 232 g/mol. The van der Waals surface area contributed by atoms with Gasteiger partial charge in [0.05, 0.1) is 5.69 Å². The van der Waals surface area contributed by atoms with E-state index in [1.165, 1.54) is 6.07 Å². The lowest BCUT2D eigenvalue weighted by Crippen LogP contribution is -2.29. The number of rotatable bonds is 3. The first-order chi connectivity index (χ1) is 8.65. The van der Waals surface area contributed by atoms with E-state index in [9.17, 15) is 9.59 Å². The lowest BCUT2D eigenvalue weighted by atomic mass is 10.4. The molecule has 0 unspecified atom stereocenters. The van der Waals surface area contributed by atoms with E-state index in [2.05, 4.69) is 15.4 Å². The number of nitrogens with zero attached hydrogens (tertiary/aromatic N) is 3. The van der Waals surface area contributed by atoms with Crippen LogP contribution in [-0.4, -0.2) is 20.7 Å². The molecule has 1 amide bonds. The molecule has 2 rings (SSSR count). The highest BCUT2D eigenvalue weighted by Crippen LogP contribution is 2.02. The number of aryl methyl sites for hydroxylation is 1. The second-order valence-corrected chi connectivity index (χ2v) is 3.75. The number of hydrogen-bond donors (Lipinski definition) is 1. The normalized spacial score (nSPS) is 10.1. The SMILES string of the molecule is Cc1ccc(=O)n(CC(=O)Nc2ccncc2)n1. The van der Waals surface area contributed by atoms with Gasteiger partial charge in [0.1, 0.15) is 6.54 Å². The van der Waals surface area contributed by atoms with Crippen LogP contribution in [0.3, 0.4) is 0 Å². The average molecular weight is 244 g/mol. The van der Waals surface area contributed by atoms with Crippen molar-refractivity contribution < 1.29 is 4.79 Å². The molecule has 0 atom stereocenters. The van der Waals surface area contributed by atoms with Crippen molar-refractivity contribution in [2.45, 2.75) is 13.5 Å². The largest absolute Gasteiger partial charge is 0.324 e. The van der Waals surface area contributed by atoms with E-state index in [1.54, 1.807) is 37.5 Å². The third kappa shape index (κ3) is 3.00. The first-order valence-electron chi connectivity index (χ1n) is 5.40. The van der Waals surface area contributed by atoms with E-state index in [4.69, 9.17) is 0 Å². The van der Waals surface area contributed by atoms with Gasteiger partial charge in [0.15, 0.2) is 0 Å². The fourth-order valence-corrected chi connectivity index (χ4v) is 1.44. The fourth-order valence-electron chi connectivity index (χ4n) is 1.44. The van der Waals surface area contributed by atoms with Gasteiger partial charge in [0, 0.05) is 24.1 Å². The fraction of sp³-hybridized carbons (Fsp3) is 0.167. The zero-order valence-electron chi connectivity index (χ0n) is 9.83. The molecule has 1 N–H and O–H groups in total. The van der Waals surface area contributed by atoms with E-state index < -0.39 is 0 Å². The van der Waals surface area contributed by atoms with E-state index in [0.29, 0.717) is 11.4 Å². The van der Waals surface area contributed by atoms with Gasteiger partial charge in [-0.25, -0.2) is 4.68 Å². The number of aromatic nitrogens is 3. The Labute approximate surface area is 103 Å². The Morgan fingerprint density at radius 1 is 1.28 bits per heavy atom. The van der Waals surface area contributed by atoms with E-state index in [0.717, 1.165) is 4.68 Å². The Kier molecular flexibility index (Phi) is 3.47. The van der Waals surface area contributed by atoms with Gasteiger partial charge in [0.25, 0.3) is 5.56 Å². The number of amides is 1. The average Bonchev–Trinajstić information content (AvgIpc) is 2.35. The topological polar surface area (TPSA) is 76.9 Å². The summed E-state index contributed by atoms with van der Waals surface area (Å²) in [5.74, 6) is -0.304. The van der Waals surface area contributed by atoms with Crippen LogP contribution in [0.1, 0.15) is 5.69 Å². The molecule has 6 nitrogen and oxygen atoms in total. The van der Waals surface area contributed by atoms with Gasteiger partial charge in [-0.3, -0.25) is 14.6 Å². The van der Waals surface area contributed by atoms with E-state index >= 15 is 0 Å². The van der Waals surface area contributed by atoms with Crippen molar-refractivity contribution >= 4 is 11.6 Å². The Hall–Kier alpha value is -2.50. The van der Waals surface area contributed by atoms with Gasteiger partial charge in [-0.15, -0.1) is 0 Å². The van der Waals surface area contributed by atoms with E-state index in [1.807, 2.05) is 0 Å². The number of carbonyl (C=O) groups excluding carboxylic acids is 1. The second kappa shape index (κ2) is 5.22. The molecule has 92 valence electrons. The van der Waals surface area contributed by atoms with Crippen LogP contribution < -0.4 is 10.9 Å². The Morgan fingerprint density at radius 3 is 2.72 bits per heavy atom. The molecule has 6 heteroatoms. The zero-order chi connectivity index (χ0) is 13.0. The number of carbonyl (C=O) groups is 1. The standard InChI is InChI=1S/C12H12N4O2/c1-9-2-3-12(18)16(15-9)8-11(17)14-10-4-6-13-7-5-10/h2-7H,8H2,1H3,(H,13,14,17). The lowest BCUT2D eigenvalue weighted by Gasteiger charge is -2.06. The van der Waals surface area contributed by atoms with Crippen molar-refractivity contribution in [1.82, 2.24) is 14.8 Å². The predicted octanol–water partition coefficient (Wildman–Crippen LogP) is 0.585. The van der Waals surface area contributed by atoms with Crippen molar-refractivity contribution in [3.63, 3.8) is 0 Å². The van der Waals surface area contributed by atoms with Gasteiger partial charge in [0.2, 0.25) is 5.91 Å². The summed E-state index contributed by atoms with van der Waals surface area (Å²) in [6, 6.07) is 6.34. The first-order valence-corrected chi connectivity index (χ1v) is 5.40. The molecule has 0 aliphatic heterocycles. The van der Waals surface area contributed by atoms with Crippen LogP contribution in [0.25, 0.3) is 0 Å². The van der Waals surface area contributed by atoms with Crippen molar-refractivity contribution in [3.05, 3.63) is 52.7 Å². The smallest absolute Gasteiger partial charge is 0.267 e. The molecular formula is C12H12N4O2. The van der Waals surface area contributed by atoms with Crippen LogP contribution in [0.5, 0.6) is 0 Å². The quantitative estimate of drug-likeness (QED) is 0.857. The van der Waals surface area contributed by atoms with Crippen LogP contribution >= 0.6 is 0 Å². The molecule has 0 bridgehead atoms. The molecule has 0 saturated heterocycles. The van der Waals surface area contributed by atoms with Crippen LogP contribution in [0, 0.1) is 6.92 Å². The summed E-state index contributed by atoms with van der Waals surface area (Å²) >= 11 is 0. The number of pyridine rings is 1. The van der Waals surface area contributed by atoms with Gasteiger partial charge in [-0.05, 0) is 25.1 Å². The molecule has 2 aromatic rings. The maximum absolute atomic E-state index is 11.7. The summed E-state index contributed by atoms with van der Waals surface area (Å²) in [5, 5.41) is 6.64.